The maximum Gasteiger partial charge on any atom is 0.264 e. The molecule has 2 aromatic carbocycles. The summed E-state index contributed by atoms with van der Waals surface area (Å²) in [6.45, 7) is 1.19. The zero-order valence-electron chi connectivity index (χ0n) is 16.7. The molecule has 0 atom stereocenters. The van der Waals surface area contributed by atoms with Crippen molar-refractivity contribution in [3.63, 3.8) is 0 Å². The predicted molar refractivity (Wildman–Crippen MR) is 111 cm³/mol. The third kappa shape index (κ3) is 5.14. The second-order valence-corrected chi connectivity index (χ2v) is 8.66. The average Bonchev–Trinajstić information content (AvgIpc) is 2.65. The molecule has 0 spiro atoms. The maximum absolute atomic E-state index is 13.4. The fourth-order valence-corrected chi connectivity index (χ4v) is 4.36. The summed E-state index contributed by atoms with van der Waals surface area (Å²) in [5, 5.41) is 0. The van der Waals surface area contributed by atoms with Crippen LogP contribution in [0.3, 0.4) is 0 Å². The highest BCUT2D eigenvalue weighted by atomic mass is 32.2. The number of methoxy groups -OCH3 is 1. The lowest BCUT2D eigenvalue weighted by molar-refractivity contribution is 0.403. The number of benzene rings is 2. The minimum atomic E-state index is -3.68. The maximum atomic E-state index is 13.4. The van der Waals surface area contributed by atoms with Crippen molar-refractivity contribution in [1.29, 1.82) is 0 Å². The Morgan fingerprint density at radius 1 is 0.889 bits per heavy atom. The van der Waals surface area contributed by atoms with Crippen LogP contribution in [0.25, 0.3) is 0 Å². The molecule has 2 rings (SSSR count). The topological polar surface area (TPSA) is 53.1 Å². The molecule has 0 N–H and O–H groups in total. The molecule has 148 valence electrons. The van der Waals surface area contributed by atoms with Crippen LogP contribution in [0.1, 0.15) is 6.42 Å². The fourth-order valence-electron chi connectivity index (χ4n) is 2.82. The molecule has 2 aromatic rings. The van der Waals surface area contributed by atoms with E-state index in [9.17, 15) is 8.42 Å². The molecule has 7 heteroatoms. The molecule has 0 aromatic heterocycles. The van der Waals surface area contributed by atoms with Gasteiger partial charge in [0.25, 0.3) is 10.0 Å². The third-order valence-corrected chi connectivity index (χ3v) is 6.06. The van der Waals surface area contributed by atoms with Gasteiger partial charge in [-0.2, -0.15) is 0 Å². The monoisotopic (exact) mass is 391 g/mol. The van der Waals surface area contributed by atoms with Crippen LogP contribution >= 0.6 is 0 Å². The zero-order chi connectivity index (χ0) is 20.0. The van der Waals surface area contributed by atoms with E-state index in [-0.39, 0.29) is 4.90 Å². The predicted octanol–water partition coefficient (Wildman–Crippen LogP) is 2.91. The van der Waals surface area contributed by atoms with Crippen molar-refractivity contribution < 1.29 is 13.2 Å². The van der Waals surface area contributed by atoms with Crippen LogP contribution < -0.4 is 13.9 Å². The number of ether oxygens (including phenoxy) is 1. The molecule has 27 heavy (non-hydrogen) atoms. The number of nitrogens with zero attached hydrogens (tertiary/aromatic N) is 3. The van der Waals surface area contributed by atoms with E-state index in [0.717, 1.165) is 18.7 Å². The van der Waals surface area contributed by atoms with Gasteiger partial charge < -0.3 is 14.5 Å². The van der Waals surface area contributed by atoms with Gasteiger partial charge in [0.05, 0.1) is 23.4 Å². The number of rotatable bonds is 9. The van der Waals surface area contributed by atoms with Crippen molar-refractivity contribution in [3.05, 3.63) is 48.5 Å². The van der Waals surface area contributed by atoms with E-state index in [1.807, 2.05) is 56.2 Å². The Balaban J connectivity index is 2.53. The van der Waals surface area contributed by atoms with Crippen molar-refractivity contribution in [1.82, 2.24) is 4.90 Å². The number of hydrogen-bond donors (Lipinski definition) is 0. The van der Waals surface area contributed by atoms with Gasteiger partial charge in [-0.05, 0) is 51.3 Å². The molecule has 6 nitrogen and oxygen atoms in total. The van der Waals surface area contributed by atoms with Crippen LogP contribution in [0, 0.1) is 0 Å². The van der Waals surface area contributed by atoms with Gasteiger partial charge in [0, 0.05) is 26.7 Å². The molecule has 0 heterocycles. The number of hydrogen-bond acceptors (Lipinski definition) is 5. The fraction of sp³-hybridized carbons (Fsp3) is 0.400. The van der Waals surface area contributed by atoms with Crippen molar-refractivity contribution in [3.8, 4) is 5.75 Å². The Hall–Kier alpha value is -2.25. The summed E-state index contributed by atoms with van der Waals surface area (Å²) in [4.78, 5) is 4.24. The van der Waals surface area contributed by atoms with Gasteiger partial charge in [0.2, 0.25) is 0 Å². The van der Waals surface area contributed by atoms with Crippen LogP contribution in [0.2, 0.25) is 0 Å². The van der Waals surface area contributed by atoms with Gasteiger partial charge in [-0.15, -0.1) is 0 Å². The summed E-state index contributed by atoms with van der Waals surface area (Å²) in [6, 6.07) is 14.0. The highest BCUT2D eigenvalue weighted by Gasteiger charge is 2.27. The van der Waals surface area contributed by atoms with Crippen LogP contribution in [-0.2, 0) is 10.0 Å². The molecular formula is C20H29N3O3S. The summed E-state index contributed by atoms with van der Waals surface area (Å²) >= 11 is 0. The zero-order valence-corrected chi connectivity index (χ0v) is 17.5. The Morgan fingerprint density at radius 2 is 1.56 bits per heavy atom. The largest absolute Gasteiger partial charge is 0.497 e. The average molecular weight is 392 g/mol. The molecule has 0 saturated carbocycles. The van der Waals surface area contributed by atoms with Crippen molar-refractivity contribution >= 4 is 21.4 Å². The van der Waals surface area contributed by atoms with E-state index < -0.39 is 10.0 Å². The van der Waals surface area contributed by atoms with Crippen LogP contribution in [0.5, 0.6) is 5.75 Å². The lowest BCUT2D eigenvalue weighted by atomic mass is 10.2. The molecule has 0 unspecified atom stereocenters. The summed E-state index contributed by atoms with van der Waals surface area (Å²) in [5.41, 5.74) is 1.43. The first kappa shape index (κ1) is 21.1. The minimum Gasteiger partial charge on any atom is -0.497 e. The van der Waals surface area contributed by atoms with Gasteiger partial charge in [-0.1, -0.05) is 18.2 Å². The summed E-state index contributed by atoms with van der Waals surface area (Å²) < 4.78 is 33.6. The first-order valence-corrected chi connectivity index (χ1v) is 10.3. The Kier molecular flexibility index (Phi) is 7.10. The van der Waals surface area contributed by atoms with Gasteiger partial charge in [0.1, 0.15) is 5.75 Å². The molecule has 0 bridgehead atoms. The van der Waals surface area contributed by atoms with E-state index in [0.29, 0.717) is 18.0 Å². The smallest absolute Gasteiger partial charge is 0.264 e. The van der Waals surface area contributed by atoms with Crippen LogP contribution in [0.4, 0.5) is 11.4 Å². The summed E-state index contributed by atoms with van der Waals surface area (Å²) in [6.07, 6.45) is 0.720. The quantitative estimate of drug-likeness (QED) is 0.658. The second-order valence-electron chi connectivity index (χ2n) is 6.80. The molecular weight excluding hydrogens is 362 g/mol. The SMILES string of the molecule is COc1ccc(N(CCCN(C)C)S(=O)(=O)c2ccccc2)c(N(C)C)c1. The van der Waals surface area contributed by atoms with E-state index in [1.54, 1.807) is 37.4 Å². The standard InChI is InChI=1S/C20H29N3O3S/c1-21(2)14-9-15-23(27(24,25)18-10-7-6-8-11-18)19-13-12-17(26-5)16-20(19)22(3)4/h6-8,10-13,16H,9,14-15H2,1-5H3. The van der Waals surface area contributed by atoms with E-state index >= 15 is 0 Å². The van der Waals surface area contributed by atoms with Gasteiger partial charge in [-0.3, -0.25) is 4.31 Å². The highest BCUT2D eigenvalue weighted by Crippen LogP contribution is 2.35. The second kappa shape index (κ2) is 9.10. The lowest BCUT2D eigenvalue weighted by Gasteiger charge is -2.29. The molecule has 0 amide bonds. The number of anilines is 2. The lowest BCUT2D eigenvalue weighted by Crippen LogP contribution is -2.34. The first-order valence-electron chi connectivity index (χ1n) is 8.85. The molecule has 0 radical (unpaired) electrons. The molecule has 0 fully saturated rings. The van der Waals surface area contributed by atoms with E-state index in [1.165, 1.54) is 4.31 Å². The van der Waals surface area contributed by atoms with Crippen molar-refractivity contribution in [2.45, 2.75) is 11.3 Å². The Labute approximate surface area is 163 Å². The molecule has 0 aliphatic heterocycles. The molecule has 0 aliphatic carbocycles. The number of sulfonamides is 1. The van der Waals surface area contributed by atoms with Gasteiger partial charge in [-0.25, -0.2) is 8.42 Å². The van der Waals surface area contributed by atoms with Crippen LogP contribution in [-0.4, -0.2) is 61.7 Å². The van der Waals surface area contributed by atoms with Crippen molar-refractivity contribution in [2.75, 3.05) is 57.6 Å². The minimum absolute atomic E-state index is 0.287. The van der Waals surface area contributed by atoms with E-state index in [2.05, 4.69) is 0 Å². The van der Waals surface area contributed by atoms with Gasteiger partial charge in [0.15, 0.2) is 0 Å². The van der Waals surface area contributed by atoms with Crippen molar-refractivity contribution in [2.24, 2.45) is 0 Å². The van der Waals surface area contributed by atoms with Crippen LogP contribution in [0.15, 0.2) is 53.4 Å². The summed E-state index contributed by atoms with van der Waals surface area (Å²) in [5.74, 6) is 0.688. The van der Waals surface area contributed by atoms with Gasteiger partial charge >= 0.3 is 0 Å². The third-order valence-electron chi connectivity index (χ3n) is 4.23. The first-order chi connectivity index (χ1) is 12.8. The summed E-state index contributed by atoms with van der Waals surface area (Å²) in [7, 11) is 5.67. The molecule has 0 aliphatic rings. The normalized spacial score (nSPS) is 11.5. The molecule has 0 saturated heterocycles. The highest BCUT2D eigenvalue weighted by molar-refractivity contribution is 7.92. The Morgan fingerprint density at radius 3 is 2.11 bits per heavy atom. The Bertz CT molecular complexity index is 837. The van der Waals surface area contributed by atoms with E-state index in [4.69, 9.17) is 4.74 Å².